The molecule has 0 spiro atoms. The van der Waals surface area contributed by atoms with E-state index < -0.39 is 0 Å². The molecule has 1 aromatic carbocycles. The fraction of sp³-hybridized carbons (Fsp3) is 0.500. The predicted octanol–water partition coefficient (Wildman–Crippen LogP) is 1.68. The highest BCUT2D eigenvalue weighted by Gasteiger charge is 2.16. The molecule has 0 aliphatic carbocycles. The van der Waals surface area contributed by atoms with E-state index in [4.69, 9.17) is 10.5 Å². The minimum absolute atomic E-state index is 0.159. The van der Waals surface area contributed by atoms with E-state index in [1.807, 2.05) is 6.92 Å². The maximum Gasteiger partial charge on any atom is 0.123 e. The molecule has 0 bridgehead atoms. The van der Waals surface area contributed by atoms with Crippen LogP contribution in [0.4, 0.5) is 10.1 Å². The molecule has 1 aliphatic rings. The maximum atomic E-state index is 13.2. The number of benzene rings is 1. The highest BCUT2D eigenvalue weighted by Crippen LogP contribution is 2.26. The van der Waals surface area contributed by atoms with Gasteiger partial charge in [0.15, 0.2) is 0 Å². The largest absolute Gasteiger partial charge is 0.378 e. The van der Waals surface area contributed by atoms with Gasteiger partial charge in [-0.1, -0.05) is 0 Å². The molecule has 2 rings (SSSR count). The number of anilines is 1. The highest BCUT2D eigenvalue weighted by atomic mass is 19.1. The van der Waals surface area contributed by atoms with Gasteiger partial charge in [0, 0.05) is 24.8 Å². The van der Waals surface area contributed by atoms with E-state index in [9.17, 15) is 4.39 Å². The number of morpholine rings is 1. The van der Waals surface area contributed by atoms with Gasteiger partial charge in [0.1, 0.15) is 5.82 Å². The second-order valence-corrected chi connectivity index (χ2v) is 4.09. The van der Waals surface area contributed by atoms with E-state index in [1.165, 1.54) is 12.1 Å². The van der Waals surface area contributed by atoms with Crippen LogP contribution in [0.5, 0.6) is 0 Å². The summed E-state index contributed by atoms with van der Waals surface area (Å²) in [6.45, 7) is 4.99. The Labute approximate surface area is 95.0 Å². The molecule has 3 nitrogen and oxygen atoms in total. The predicted molar refractivity (Wildman–Crippen MR) is 62.0 cm³/mol. The van der Waals surface area contributed by atoms with Crippen LogP contribution >= 0.6 is 0 Å². The van der Waals surface area contributed by atoms with Crippen LogP contribution in [0.1, 0.15) is 18.5 Å². The normalized spacial score (nSPS) is 18.6. The number of nitrogens with two attached hydrogens (primary N) is 1. The Morgan fingerprint density at radius 2 is 2.06 bits per heavy atom. The second-order valence-electron chi connectivity index (χ2n) is 4.09. The van der Waals surface area contributed by atoms with Crippen molar-refractivity contribution in [1.29, 1.82) is 0 Å². The van der Waals surface area contributed by atoms with Crippen molar-refractivity contribution in [2.24, 2.45) is 5.73 Å². The summed E-state index contributed by atoms with van der Waals surface area (Å²) >= 11 is 0. The zero-order chi connectivity index (χ0) is 11.5. The molecule has 0 saturated carbocycles. The van der Waals surface area contributed by atoms with Crippen LogP contribution in [0.25, 0.3) is 0 Å². The van der Waals surface area contributed by atoms with E-state index in [1.54, 1.807) is 6.07 Å². The number of rotatable bonds is 2. The Kier molecular flexibility index (Phi) is 3.41. The molecule has 0 radical (unpaired) electrons. The number of halogens is 1. The number of nitrogens with zero attached hydrogens (tertiary/aromatic N) is 1. The lowest BCUT2D eigenvalue weighted by Gasteiger charge is -2.31. The molecule has 1 fully saturated rings. The average Bonchev–Trinajstić information content (AvgIpc) is 2.30. The van der Waals surface area contributed by atoms with Gasteiger partial charge < -0.3 is 15.4 Å². The van der Waals surface area contributed by atoms with Crippen molar-refractivity contribution in [3.8, 4) is 0 Å². The van der Waals surface area contributed by atoms with Crippen molar-refractivity contribution < 1.29 is 9.13 Å². The molecule has 0 unspecified atom stereocenters. The zero-order valence-corrected chi connectivity index (χ0v) is 9.45. The van der Waals surface area contributed by atoms with E-state index in [0.717, 1.165) is 37.6 Å². The topological polar surface area (TPSA) is 38.5 Å². The minimum Gasteiger partial charge on any atom is -0.378 e. The summed E-state index contributed by atoms with van der Waals surface area (Å²) in [5, 5.41) is 0. The summed E-state index contributed by atoms with van der Waals surface area (Å²) in [6, 6.07) is 4.65. The Morgan fingerprint density at radius 3 is 2.69 bits per heavy atom. The van der Waals surface area contributed by atoms with Crippen LogP contribution in [0.15, 0.2) is 18.2 Å². The van der Waals surface area contributed by atoms with Crippen LogP contribution in [-0.4, -0.2) is 26.3 Å². The molecule has 16 heavy (non-hydrogen) atoms. The number of hydrogen-bond acceptors (Lipinski definition) is 3. The van der Waals surface area contributed by atoms with Gasteiger partial charge in [-0.2, -0.15) is 0 Å². The monoisotopic (exact) mass is 224 g/mol. The maximum absolute atomic E-state index is 13.2. The fourth-order valence-corrected chi connectivity index (χ4v) is 1.98. The molecular weight excluding hydrogens is 207 g/mol. The summed E-state index contributed by atoms with van der Waals surface area (Å²) in [4.78, 5) is 2.20. The standard InChI is InChI=1S/C12H17FN2O/c1-9(14)11-8-10(13)2-3-12(11)15-4-6-16-7-5-15/h2-3,8-9H,4-7,14H2,1H3/t9-/m1/s1. The van der Waals surface area contributed by atoms with Gasteiger partial charge in [-0.25, -0.2) is 4.39 Å². The van der Waals surface area contributed by atoms with Gasteiger partial charge >= 0.3 is 0 Å². The highest BCUT2D eigenvalue weighted by molar-refractivity contribution is 5.55. The molecule has 1 atom stereocenters. The third-order valence-corrected chi connectivity index (χ3v) is 2.83. The second kappa shape index (κ2) is 4.80. The molecule has 4 heteroatoms. The molecule has 1 aromatic rings. The van der Waals surface area contributed by atoms with Gasteiger partial charge in [0.25, 0.3) is 0 Å². The van der Waals surface area contributed by atoms with E-state index in [-0.39, 0.29) is 11.9 Å². The summed E-state index contributed by atoms with van der Waals surface area (Å²) < 4.78 is 18.5. The van der Waals surface area contributed by atoms with Crippen molar-refractivity contribution in [2.45, 2.75) is 13.0 Å². The number of ether oxygens (including phenoxy) is 1. The first kappa shape index (κ1) is 11.4. The molecule has 1 saturated heterocycles. The van der Waals surface area contributed by atoms with Crippen LogP contribution in [0, 0.1) is 5.82 Å². The lowest BCUT2D eigenvalue weighted by Crippen LogP contribution is -2.37. The number of hydrogen-bond donors (Lipinski definition) is 1. The van der Waals surface area contributed by atoms with Gasteiger partial charge in [-0.3, -0.25) is 0 Å². The lowest BCUT2D eigenvalue weighted by atomic mass is 10.1. The van der Waals surface area contributed by atoms with Crippen molar-refractivity contribution in [3.63, 3.8) is 0 Å². The molecular formula is C12H17FN2O. The summed E-state index contributed by atoms with van der Waals surface area (Å²) in [7, 11) is 0. The van der Waals surface area contributed by atoms with Crippen LogP contribution in [0.3, 0.4) is 0 Å². The van der Waals surface area contributed by atoms with Crippen LogP contribution < -0.4 is 10.6 Å². The molecule has 2 N–H and O–H groups in total. The first-order chi connectivity index (χ1) is 7.68. The van der Waals surface area contributed by atoms with Gasteiger partial charge in [-0.15, -0.1) is 0 Å². The SMILES string of the molecule is C[C@@H](N)c1cc(F)ccc1N1CCOCC1. The Hall–Kier alpha value is -1.13. The zero-order valence-electron chi connectivity index (χ0n) is 9.45. The quantitative estimate of drug-likeness (QED) is 0.830. The van der Waals surface area contributed by atoms with Crippen molar-refractivity contribution >= 4 is 5.69 Å². The van der Waals surface area contributed by atoms with Crippen LogP contribution in [-0.2, 0) is 4.74 Å². The molecule has 1 aliphatic heterocycles. The smallest absolute Gasteiger partial charge is 0.123 e. The first-order valence-electron chi connectivity index (χ1n) is 5.56. The van der Waals surface area contributed by atoms with Gasteiger partial charge in [0.2, 0.25) is 0 Å². The van der Waals surface area contributed by atoms with Crippen molar-refractivity contribution in [1.82, 2.24) is 0 Å². The molecule has 88 valence electrons. The Morgan fingerprint density at radius 1 is 1.38 bits per heavy atom. The van der Waals surface area contributed by atoms with E-state index in [2.05, 4.69) is 4.90 Å². The van der Waals surface area contributed by atoms with Crippen molar-refractivity contribution in [3.05, 3.63) is 29.6 Å². The first-order valence-corrected chi connectivity index (χ1v) is 5.56. The summed E-state index contributed by atoms with van der Waals surface area (Å²) in [5.41, 5.74) is 7.76. The Bertz CT molecular complexity index is 362. The van der Waals surface area contributed by atoms with Gasteiger partial charge in [0.05, 0.1) is 13.2 Å². The lowest BCUT2D eigenvalue weighted by molar-refractivity contribution is 0.122. The third-order valence-electron chi connectivity index (χ3n) is 2.83. The third kappa shape index (κ3) is 2.33. The molecule has 0 aromatic heterocycles. The van der Waals surface area contributed by atoms with Gasteiger partial charge in [-0.05, 0) is 30.7 Å². The average molecular weight is 224 g/mol. The van der Waals surface area contributed by atoms with Crippen molar-refractivity contribution in [2.75, 3.05) is 31.2 Å². The summed E-state index contributed by atoms with van der Waals surface area (Å²) in [6.07, 6.45) is 0. The van der Waals surface area contributed by atoms with Crippen LogP contribution in [0.2, 0.25) is 0 Å². The summed E-state index contributed by atoms with van der Waals surface area (Å²) in [5.74, 6) is -0.232. The Balaban J connectivity index is 2.31. The minimum atomic E-state index is -0.232. The van der Waals surface area contributed by atoms with E-state index in [0.29, 0.717) is 0 Å². The fourth-order valence-electron chi connectivity index (χ4n) is 1.98. The van der Waals surface area contributed by atoms with E-state index >= 15 is 0 Å². The molecule has 1 heterocycles. The molecule has 0 amide bonds.